The Kier molecular flexibility index (Phi) is 4.66. The van der Waals surface area contributed by atoms with E-state index in [1.165, 1.54) is 0 Å². The summed E-state index contributed by atoms with van der Waals surface area (Å²) >= 11 is 5.07. The Morgan fingerprint density at radius 1 is 1.39 bits per heavy atom. The number of halogens is 1. The molecule has 1 unspecified atom stereocenters. The second-order valence-electron chi connectivity index (χ2n) is 3.82. The monoisotopic (exact) mass is 326 g/mol. The molecule has 2 aromatic heterocycles. The van der Waals surface area contributed by atoms with Crippen LogP contribution in [-0.4, -0.2) is 15.0 Å². The van der Waals surface area contributed by atoms with Crippen LogP contribution < -0.4 is 5.32 Å². The topological polar surface area (TPSA) is 50.7 Å². The Hall–Kier alpha value is -1.01. The third-order valence-electron chi connectivity index (χ3n) is 2.54. The zero-order valence-electron chi connectivity index (χ0n) is 10.4. The molecule has 0 amide bonds. The molecule has 1 atom stereocenters. The fourth-order valence-electron chi connectivity index (χ4n) is 1.62. The van der Waals surface area contributed by atoms with Gasteiger partial charge in [0.2, 0.25) is 0 Å². The fourth-order valence-corrected chi connectivity index (χ4v) is 2.81. The van der Waals surface area contributed by atoms with Gasteiger partial charge in [0, 0.05) is 24.1 Å². The predicted octanol–water partition coefficient (Wildman–Crippen LogP) is 3.82. The van der Waals surface area contributed by atoms with Crippen molar-refractivity contribution in [3.63, 3.8) is 0 Å². The molecule has 2 rings (SSSR count). The number of rotatable bonds is 5. The van der Waals surface area contributed by atoms with Crippen LogP contribution in [0.15, 0.2) is 22.2 Å². The van der Waals surface area contributed by atoms with Crippen molar-refractivity contribution in [2.75, 3.05) is 5.32 Å². The number of anilines is 1. The highest BCUT2D eigenvalue weighted by molar-refractivity contribution is 9.10. The summed E-state index contributed by atoms with van der Waals surface area (Å²) in [5, 5.41) is 6.49. The molecular weight excluding hydrogens is 312 g/mol. The lowest BCUT2D eigenvalue weighted by molar-refractivity contribution is 0.734. The normalized spacial score (nSPS) is 12.4. The smallest absolute Gasteiger partial charge is 0.131 e. The summed E-state index contributed by atoms with van der Waals surface area (Å²) in [6.45, 7) is 4.18. The fraction of sp³-hybridized carbons (Fsp3) is 0.417. The SMILES string of the molecule is CCc1nc(Br)cc(NC(CC)c2nccs2)n1. The van der Waals surface area contributed by atoms with Gasteiger partial charge in [-0.2, -0.15) is 0 Å². The Morgan fingerprint density at radius 3 is 2.83 bits per heavy atom. The second-order valence-corrected chi connectivity index (χ2v) is 5.56. The molecule has 2 heterocycles. The molecule has 18 heavy (non-hydrogen) atoms. The Morgan fingerprint density at radius 2 is 2.22 bits per heavy atom. The van der Waals surface area contributed by atoms with Crippen LogP contribution in [-0.2, 0) is 6.42 Å². The summed E-state index contributed by atoms with van der Waals surface area (Å²) < 4.78 is 0.811. The number of aromatic nitrogens is 3. The first-order valence-electron chi connectivity index (χ1n) is 5.92. The zero-order chi connectivity index (χ0) is 13.0. The van der Waals surface area contributed by atoms with Gasteiger partial charge in [-0.3, -0.25) is 0 Å². The first-order chi connectivity index (χ1) is 8.72. The molecule has 0 fully saturated rings. The second kappa shape index (κ2) is 6.24. The van der Waals surface area contributed by atoms with Gasteiger partial charge in [0.25, 0.3) is 0 Å². The van der Waals surface area contributed by atoms with E-state index in [0.717, 1.165) is 34.1 Å². The summed E-state index contributed by atoms with van der Waals surface area (Å²) in [4.78, 5) is 13.1. The first kappa shape index (κ1) is 13.4. The van der Waals surface area contributed by atoms with Crippen molar-refractivity contribution < 1.29 is 0 Å². The van der Waals surface area contributed by atoms with Gasteiger partial charge >= 0.3 is 0 Å². The van der Waals surface area contributed by atoms with Crippen molar-refractivity contribution >= 4 is 33.1 Å². The molecule has 0 aromatic carbocycles. The summed E-state index contributed by atoms with van der Waals surface area (Å²) in [6, 6.07) is 2.10. The lowest BCUT2D eigenvalue weighted by Gasteiger charge is -2.15. The molecule has 0 aliphatic heterocycles. The van der Waals surface area contributed by atoms with Crippen molar-refractivity contribution in [2.45, 2.75) is 32.7 Å². The van der Waals surface area contributed by atoms with E-state index in [9.17, 15) is 0 Å². The van der Waals surface area contributed by atoms with Crippen LogP contribution in [0.25, 0.3) is 0 Å². The molecule has 0 aliphatic carbocycles. The van der Waals surface area contributed by atoms with Crippen molar-refractivity contribution in [1.82, 2.24) is 15.0 Å². The van der Waals surface area contributed by atoms with E-state index in [-0.39, 0.29) is 6.04 Å². The first-order valence-corrected chi connectivity index (χ1v) is 7.59. The van der Waals surface area contributed by atoms with Crippen molar-refractivity contribution in [3.05, 3.63) is 33.1 Å². The van der Waals surface area contributed by atoms with E-state index < -0.39 is 0 Å². The Balaban J connectivity index is 2.19. The highest BCUT2D eigenvalue weighted by atomic mass is 79.9. The van der Waals surface area contributed by atoms with Gasteiger partial charge < -0.3 is 5.32 Å². The van der Waals surface area contributed by atoms with Gasteiger partial charge in [-0.25, -0.2) is 15.0 Å². The predicted molar refractivity (Wildman–Crippen MR) is 77.9 cm³/mol. The highest BCUT2D eigenvalue weighted by Crippen LogP contribution is 2.24. The Bertz CT molecular complexity index is 501. The lowest BCUT2D eigenvalue weighted by atomic mass is 10.2. The number of nitrogens with zero attached hydrogens (tertiary/aromatic N) is 3. The average Bonchev–Trinajstić information content (AvgIpc) is 2.89. The van der Waals surface area contributed by atoms with Crippen LogP contribution in [0.4, 0.5) is 5.82 Å². The molecule has 0 bridgehead atoms. The molecule has 1 N–H and O–H groups in total. The van der Waals surface area contributed by atoms with Crippen LogP contribution >= 0.6 is 27.3 Å². The van der Waals surface area contributed by atoms with E-state index in [1.807, 2.05) is 24.6 Å². The molecular formula is C12H15BrN4S. The Labute approximate surface area is 119 Å². The van der Waals surface area contributed by atoms with E-state index in [4.69, 9.17) is 0 Å². The van der Waals surface area contributed by atoms with Gasteiger partial charge in [-0.05, 0) is 22.4 Å². The number of nitrogens with one attached hydrogen (secondary N) is 1. The highest BCUT2D eigenvalue weighted by Gasteiger charge is 2.13. The quantitative estimate of drug-likeness (QED) is 0.848. The maximum absolute atomic E-state index is 4.47. The number of hydrogen-bond acceptors (Lipinski definition) is 5. The number of hydrogen-bond donors (Lipinski definition) is 1. The number of aryl methyl sites for hydroxylation is 1. The van der Waals surface area contributed by atoms with Gasteiger partial charge in [0.05, 0.1) is 6.04 Å². The van der Waals surface area contributed by atoms with Crippen LogP contribution in [0, 0.1) is 0 Å². The number of thiazole rings is 1. The zero-order valence-corrected chi connectivity index (χ0v) is 12.8. The summed E-state index contributed by atoms with van der Waals surface area (Å²) in [6.07, 6.45) is 3.62. The molecule has 0 aliphatic rings. The molecule has 0 saturated heterocycles. The van der Waals surface area contributed by atoms with Gasteiger partial charge in [0.15, 0.2) is 0 Å². The maximum Gasteiger partial charge on any atom is 0.131 e. The molecule has 0 saturated carbocycles. The van der Waals surface area contributed by atoms with E-state index in [2.05, 4.69) is 43.1 Å². The van der Waals surface area contributed by atoms with Crippen LogP contribution in [0.2, 0.25) is 0 Å². The van der Waals surface area contributed by atoms with Gasteiger partial charge in [-0.1, -0.05) is 13.8 Å². The van der Waals surface area contributed by atoms with E-state index >= 15 is 0 Å². The largest absolute Gasteiger partial charge is 0.361 e. The molecule has 4 nitrogen and oxygen atoms in total. The van der Waals surface area contributed by atoms with Crippen LogP contribution in [0.1, 0.15) is 37.1 Å². The summed E-state index contributed by atoms with van der Waals surface area (Å²) in [5.74, 6) is 1.68. The third-order valence-corrected chi connectivity index (χ3v) is 3.83. The van der Waals surface area contributed by atoms with Crippen molar-refractivity contribution in [3.8, 4) is 0 Å². The van der Waals surface area contributed by atoms with Crippen molar-refractivity contribution in [2.24, 2.45) is 0 Å². The molecule has 0 radical (unpaired) electrons. The van der Waals surface area contributed by atoms with Crippen molar-refractivity contribution in [1.29, 1.82) is 0 Å². The molecule has 6 heteroatoms. The summed E-state index contributed by atoms with van der Waals surface area (Å²) in [7, 11) is 0. The average molecular weight is 327 g/mol. The standard InChI is InChI=1S/C12H15BrN4S/c1-3-8(12-14-5-6-18-12)15-11-7-9(13)16-10(4-2)17-11/h5-8H,3-4H2,1-2H3,(H,15,16,17). The van der Waals surface area contributed by atoms with E-state index in [1.54, 1.807) is 11.3 Å². The van der Waals surface area contributed by atoms with Gasteiger partial charge in [-0.15, -0.1) is 11.3 Å². The van der Waals surface area contributed by atoms with E-state index in [0.29, 0.717) is 0 Å². The van der Waals surface area contributed by atoms with Crippen LogP contribution in [0.3, 0.4) is 0 Å². The van der Waals surface area contributed by atoms with Gasteiger partial charge in [0.1, 0.15) is 21.3 Å². The van der Waals surface area contributed by atoms with Crippen LogP contribution in [0.5, 0.6) is 0 Å². The molecule has 0 spiro atoms. The molecule has 2 aromatic rings. The minimum Gasteiger partial charge on any atom is -0.361 e. The minimum atomic E-state index is 0.205. The molecule has 96 valence electrons. The lowest BCUT2D eigenvalue weighted by Crippen LogP contribution is -2.11. The summed E-state index contributed by atoms with van der Waals surface area (Å²) in [5.41, 5.74) is 0. The third kappa shape index (κ3) is 3.26. The maximum atomic E-state index is 4.47. The minimum absolute atomic E-state index is 0.205.